The van der Waals surface area contributed by atoms with Crippen molar-refractivity contribution in [2.45, 2.75) is 19.1 Å². The molecule has 0 aliphatic heterocycles. The lowest BCUT2D eigenvalue weighted by Gasteiger charge is -2.23. The van der Waals surface area contributed by atoms with E-state index >= 15 is 0 Å². The standard InChI is InChI=1S/C20H25N5OS/c1-24(2)18(19-9-5-12-27-19)14-22-20(26)21-13-16-7-3-4-8-17(16)15-25-11-6-10-23-25/h3-12,18H,13-15H2,1-2H3,(H2,21,22,26). The van der Waals surface area contributed by atoms with Gasteiger partial charge in [-0.3, -0.25) is 4.68 Å². The number of nitrogens with zero attached hydrogens (tertiary/aromatic N) is 3. The number of carbonyl (C=O) groups excluding carboxylic acids is 1. The maximum absolute atomic E-state index is 12.3. The van der Waals surface area contributed by atoms with Gasteiger partial charge in [0.1, 0.15) is 0 Å². The fraction of sp³-hybridized carbons (Fsp3) is 0.300. The zero-order chi connectivity index (χ0) is 19.1. The van der Waals surface area contributed by atoms with Crippen molar-refractivity contribution >= 4 is 17.4 Å². The van der Waals surface area contributed by atoms with Gasteiger partial charge in [0, 0.05) is 30.4 Å². The average molecular weight is 384 g/mol. The Balaban J connectivity index is 1.53. The molecule has 2 heterocycles. The summed E-state index contributed by atoms with van der Waals surface area (Å²) in [5, 5.41) is 12.3. The summed E-state index contributed by atoms with van der Waals surface area (Å²) in [5.41, 5.74) is 2.23. The lowest BCUT2D eigenvalue weighted by Crippen LogP contribution is -2.40. The van der Waals surface area contributed by atoms with Crippen LogP contribution in [0, 0.1) is 0 Å². The monoisotopic (exact) mass is 383 g/mol. The highest BCUT2D eigenvalue weighted by Crippen LogP contribution is 2.22. The quantitative estimate of drug-likeness (QED) is 0.628. The van der Waals surface area contributed by atoms with Crippen LogP contribution in [0.2, 0.25) is 0 Å². The molecule has 3 rings (SSSR count). The lowest BCUT2D eigenvalue weighted by molar-refractivity contribution is 0.233. The van der Waals surface area contributed by atoms with Crippen molar-refractivity contribution in [1.82, 2.24) is 25.3 Å². The zero-order valence-electron chi connectivity index (χ0n) is 15.6. The van der Waals surface area contributed by atoms with Gasteiger partial charge in [-0.2, -0.15) is 5.10 Å². The molecule has 0 saturated carbocycles. The van der Waals surface area contributed by atoms with Gasteiger partial charge in [0.2, 0.25) is 0 Å². The molecule has 1 atom stereocenters. The topological polar surface area (TPSA) is 62.2 Å². The SMILES string of the molecule is CN(C)C(CNC(=O)NCc1ccccc1Cn1cccn1)c1cccs1. The highest BCUT2D eigenvalue weighted by Gasteiger charge is 2.16. The van der Waals surface area contributed by atoms with E-state index in [1.54, 1.807) is 17.5 Å². The highest BCUT2D eigenvalue weighted by atomic mass is 32.1. The van der Waals surface area contributed by atoms with Crippen LogP contribution in [0.25, 0.3) is 0 Å². The Labute approximate surface area is 163 Å². The summed E-state index contributed by atoms with van der Waals surface area (Å²) in [7, 11) is 4.05. The second-order valence-corrected chi connectivity index (χ2v) is 7.51. The molecule has 0 spiro atoms. The first kappa shape index (κ1) is 19.1. The smallest absolute Gasteiger partial charge is 0.315 e. The molecule has 0 radical (unpaired) electrons. The molecule has 0 fully saturated rings. The Bertz CT molecular complexity index is 830. The predicted molar refractivity (Wildman–Crippen MR) is 109 cm³/mol. The van der Waals surface area contributed by atoms with Crippen LogP contribution in [0.15, 0.2) is 60.2 Å². The Hall–Kier alpha value is -2.64. The van der Waals surface area contributed by atoms with Crippen LogP contribution in [-0.4, -0.2) is 41.4 Å². The van der Waals surface area contributed by atoms with Crippen molar-refractivity contribution in [2.24, 2.45) is 0 Å². The summed E-state index contributed by atoms with van der Waals surface area (Å²) in [6, 6.07) is 14.1. The molecule has 2 amide bonds. The van der Waals surface area contributed by atoms with E-state index in [1.807, 2.05) is 55.3 Å². The molecule has 2 aromatic heterocycles. The minimum atomic E-state index is -0.160. The Morgan fingerprint density at radius 1 is 1.15 bits per heavy atom. The first-order chi connectivity index (χ1) is 13.1. The number of hydrogen-bond donors (Lipinski definition) is 2. The zero-order valence-corrected chi connectivity index (χ0v) is 16.4. The summed E-state index contributed by atoms with van der Waals surface area (Å²) in [6.45, 7) is 1.73. The van der Waals surface area contributed by atoms with Gasteiger partial charge < -0.3 is 15.5 Å². The molecule has 0 aliphatic rings. The number of likely N-dealkylation sites (N-methyl/N-ethyl adjacent to an activating group) is 1. The van der Waals surface area contributed by atoms with Gasteiger partial charge >= 0.3 is 6.03 Å². The Morgan fingerprint density at radius 2 is 1.96 bits per heavy atom. The van der Waals surface area contributed by atoms with Crippen molar-refractivity contribution in [3.05, 3.63) is 76.2 Å². The number of amides is 2. The predicted octanol–water partition coefficient (Wildman–Crippen LogP) is 3.10. The molecule has 0 aliphatic carbocycles. The minimum absolute atomic E-state index is 0.160. The van der Waals surface area contributed by atoms with E-state index in [4.69, 9.17) is 0 Å². The molecule has 6 nitrogen and oxygen atoms in total. The summed E-state index contributed by atoms with van der Waals surface area (Å²) >= 11 is 1.70. The number of hydrogen-bond acceptors (Lipinski definition) is 4. The number of urea groups is 1. The number of rotatable bonds is 8. The van der Waals surface area contributed by atoms with E-state index in [-0.39, 0.29) is 12.1 Å². The fourth-order valence-electron chi connectivity index (χ4n) is 2.90. The van der Waals surface area contributed by atoms with Crippen LogP contribution in [0.1, 0.15) is 22.0 Å². The number of aromatic nitrogens is 2. The second-order valence-electron chi connectivity index (χ2n) is 6.53. The third kappa shape index (κ3) is 5.42. The van der Waals surface area contributed by atoms with Crippen LogP contribution >= 0.6 is 11.3 Å². The average Bonchev–Trinajstić information content (AvgIpc) is 3.35. The van der Waals surface area contributed by atoms with Gasteiger partial charge in [0.05, 0.1) is 12.6 Å². The summed E-state index contributed by atoms with van der Waals surface area (Å²) in [5.74, 6) is 0. The first-order valence-electron chi connectivity index (χ1n) is 8.89. The van der Waals surface area contributed by atoms with Crippen molar-refractivity contribution in [1.29, 1.82) is 0 Å². The third-order valence-electron chi connectivity index (χ3n) is 4.40. The molecular formula is C20H25N5OS. The van der Waals surface area contributed by atoms with Gasteiger partial charge in [0.15, 0.2) is 0 Å². The second kappa shape index (κ2) is 9.34. The van der Waals surface area contributed by atoms with Crippen LogP contribution in [0.3, 0.4) is 0 Å². The summed E-state index contributed by atoms with van der Waals surface area (Å²) < 4.78 is 1.88. The van der Waals surface area contributed by atoms with Crippen LogP contribution < -0.4 is 10.6 Å². The van der Waals surface area contributed by atoms with Gasteiger partial charge in [-0.05, 0) is 42.7 Å². The number of benzene rings is 1. The van der Waals surface area contributed by atoms with Crippen molar-refractivity contribution in [2.75, 3.05) is 20.6 Å². The van der Waals surface area contributed by atoms with Crippen molar-refractivity contribution in [3.63, 3.8) is 0 Å². The number of thiophene rings is 1. The number of carbonyl (C=O) groups is 1. The van der Waals surface area contributed by atoms with Crippen LogP contribution in [0.5, 0.6) is 0 Å². The molecule has 1 unspecified atom stereocenters. The molecule has 0 bridgehead atoms. The van der Waals surface area contributed by atoms with E-state index < -0.39 is 0 Å². The van der Waals surface area contributed by atoms with Gasteiger partial charge in [-0.25, -0.2) is 4.79 Å². The summed E-state index contributed by atoms with van der Waals surface area (Å²) in [4.78, 5) is 15.6. The van der Waals surface area contributed by atoms with E-state index in [1.165, 1.54) is 4.88 Å². The lowest BCUT2D eigenvalue weighted by atomic mass is 10.1. The van der Waals surface area contributed by atoms with Crippen molar-refractivity contribution in [3.8, 4) is 0 Å². The highest BCUT2D eigenvalue weighted by molar-refractivity contribution is 7.10. The molecule has 1 aromatic carbocycles. The van der Waals surface area contributed by atoms with Crippen molar-refractivity contribution < 1.29 is 4.79 Å². The van der Waals surface area contributed by atoms with E-state index in [9.17, 15) is 4.79 Å². The normalized spacial score (nSPS) is 12.1. The maximum atomic E-state index is 12.3. The number of nitrogens with one attached hydrogen (secondary N) is 2. The molecule has 142 valence electrons. The van der Waals surface area contributed by atoms with Crippen LogP contribution in [-0.2, 0) is 13.1 Å². The molecule has 3 aromatic rings. The first-order valence-corrected chi connectivity index (χ1v) is 9.77. The largest absolute Gasteiger partial charge is 0.336 e. The van der Waals surface area contributed by atoms with E-state index in [2.05, 4.69) is 38.1 Å². The fourth-order valence-corrected chi connectivity index (χ4v) is 3.82. The van der Waals surface area contributed by atoms with Gasteiger partial charge in [-0.1, -0.05) is 30.3 Å². The van der Waals surface area contributed by atoms with E-state index in [0.29, 0.717) is 19.6 Å². The Kier molecular flexibility index (Phi) is 6.62. The molecule has 2 N–H and O–H groups in total. The van der Waals surface area contributed by atoms with Gasteiger partial charge in [0.25, 0.3) is 0 Å². The molecular weight excluding hydrogens is 358 g/mol. The summed E-state index contributed by atoms with van der Waals surface area (Å²) in [6.07, 6.45) is 3.70. The Morgan fingerprint density at radius 3 is 2.63 bits per heavy atom. The maximum Gasteiger partial charge on any atom is 0.315 e. The minimum Gasteiger partial charge on any atom is -0.336 e. The third-order valence-corrected chi connectivity index (χ3v) is 5.37. The molecule has 7 heteroatoms. The van der Waals surface area contributed by atoms with Gasteiger partial charge in [-0.15, -0.1) is 11.3 Å². The van der Waals surface area contributed by atoms with Crippen LogP contribution in [0.4, 0.5) is 4.79 Å². The molecule has 27 heavy (non-hydrogen) atoms. The molecule has 0 saturated heterocycles. The van der Waals surface area contributed by atoms with E-state index in [0.717, 1.165) is 11.1 Å².